The number of halogens is 1. The molecule has 122 valence electrons. The molecule has 1 aliphatic rings. The zero-order chi connectivity index (χ0) is 16.6. The van der Waals surface area contributed by atoms with Crippen molar-refractivity contribution >= 4 is 31.6 Å². The molecule has 7 heteroatoms. The van der Waals surface area contributed by atoms with Gasteiger partial charge in [0.1, 0.15) is 0 Å². The third kappa shape index (κ3) is 3.55. The molecule has 0 atom stereocenters. The molecule has 3 rings (SSSR count). The van der Waals surface area contributed by atoms with Crippen molar-refractivity contribution in [3.8, 4) is 0 Å². The Kier molecular flexibility index (Phi) is 4.42. The second kappa shape index (κ2) is 6.20. The average molecular weight is 398 g/mol. The standard InChI is InChI=1S/C16H16BrNO4S/c1-2-23(20,21)9-11-7-12(17)5-6-13(11)15(19)14-8-18-22-16(14)10-3-4-10/h5-8,10H,2-4,9H2,1H3. The molecule has 0 amide bonds. The molecule has 1 aromatic carbocycles. The average Bonchev–Trinajstić information content (AvgIpc) is 3.23. The van der Waals surface area contributed by atoms with Gasteiger partial charge in [0.05, 0.1) is 17.5 Å². The zero-order valence-electron chi connectivity index (χ0n) is 12.6. The van der Waals surface area contributed by atoms with Crippen molar-refractivity contribution in [3.05, 3.63) is 51.3 Å². The molecule has 1 fully saturated rings. The number of hydrogen-bond acceptors (Lipinski definition) is 5. The van der Waals surface area contributed by atoms with E-state index >= 15 is 0 Å². The number of sulfone groups is 1. The van der Waals surface area contributed by atoms with E-state index in [1.54, 1.807) is 25.1 Å². The number of carbonyl (C=O) groups is 1. The van der Waals surface area contributed by atoms with E-state index in [-0.39, 0.29) is 23.2 Å². The summed E-state index contributed by atoms with van der Waals surface area (Å²) in [4.78, 5) is 12.9. The largest absolute Gasteiger partial charge is 0.360 e. The molecule has 2 aromatic rings. The maximum Gasteiger partial charge on any atom is 0.198 e. The van der Waals surface area contributed by atoms with Gasteiger partial charge < -0.3 is 4.52 Å². The summed E-state index contributed by atoms with van der Waals surface area (Å²) in [5, 5.41) is 3.74. The van der Waals surface area contributed by atoms with Crippen molar-refractivity contribution < 1.29 is 17.7 Å². The number of rotatable bonds is 6. The Bertz CT molecular complexity index is 853. The lowest BCUT2D eigenvalue weighted by Gasteiger charge is -2.09. The van der Waals surface area contributed by atoms with Gasteiger partial charge in [-0.3, -0.25) is 4.79 Å². The number of aromatic nitrogens is 1. The molecule has 1 aromatic heterocycles. The first-order valence-corrected chi connectivity index (χ1v) is 10.0. The lowest BCUT2D eigenvalue weighted by molar-refractivity contribution is 0.103. The van der Waals surface area contributed by atoms with Crippen molar-refractivity contribution in [3.63, 3.8) is 0 Å². The second-order valence-electron chi connectivity index (χ2n) is 5.69. The highest BCUT2D eigenvalue weighted by atomic mass is 79.9. The van der Waals surface area contributed by atoms with Crippen LogP contribution in [0.5, 0.6) is 0 Å². The molecule has 1 heterocycles. The molecular weight excluding hydrogens is 382 g/mol. The van der Waals surface area contributed by atoms with Gasteiger partial charge in [-0.15, -0.1) is 0 Å². The molecule has 1 aliphatic carbocycles. The van der Waals surface area contributed by atoms with Gasteiger partial charge in [0.2, 0.25) is 0 Å². The van der Waals surface area contributed by atoms with E-state index in [9.17, 15) is 13.2 Å². The predicted octanol–water partition coefficient (Wildman–Crippen LogP) is 3.48. The number of hydrogen-bond donors (Lipinski definition) is 0. The van der Waals surface area contributed by atoms with Crippen molar-refractivity contribution in [1.82, 2.24) is 5.16 Å². The smallest absolute Gasteiger partial charge is 0.198 e. The maximum atomic E-state index is 12.9. The summed E-state index contributed by atoms with van der Waals surface area (Å²) in [5.41, 5.74) is 1.31. The van der Waals surface area contributed by atoms with E-state index in [1.807, 2.05) is 0 Å². The monoisotopic (exact) mass is 397 g/mol. The van der Waals surface area contributed by atoms with Crippen LogP contribution in [0.15, 0.2) is 33.4 Å². The summed E-state index contributed by atoms with van der Waals surface area (Å²) >= 11 is 3.33. The Hall–Kier alpha value is -1.47. The molecular formula is C16H16BrNO4S. The van der Waals surface area contributed by atoms with Crippen LogP contribution in [0.3, 0.4) is 0 Å². The van der Waals surface area contributed by atoms with Crippen molar-refractivity contribution in [1.29, 1.82) is 0 Å². The van der Waals surface area contributed by atoms with Gasteiger partial charge in [-0.05, 0) is 36.6 Å². The number of ketones is 1. The van der Waals surface area contributed by atoms with Crippen LogP contribution >= 0.6 is 15.9 Å². The summed E-state index contributed by atoms with van der Waals surface area (Å²) in [7, 11) is -3.24. The molecule has 0 radical (unpaired) electrons. The molecule has 0 spiro atoms. The normalized spacial score (nSPS) is 14.9. The molecule has 5 nitrogen and oxygen atoms in total. The van der Waals surface area contributed by atoms with Gasteiger partial charge >= 0.3 is 0 Å². The van der Waals surface area contributed by atoms with Crippen LogP contribution in [0.2, 0.25) is 0 Å². The van der Waals surface area contributed by atoms with Crippen LogP contribution in [0, 0.1) is 0 Å². The topological polar surface area (TPSA) is 77.2 Å². The number of carbonyl (C=O) groups excluding carboxylic acids is 1. The minimum Gasteiger partial charge on any atom is -0.360 e. The first-order valence-electron chi connectivity index (χ1n) is 7.39. The Morgan fingerprint density at radius 3 is 2.74 bits per heavy atom. The lowest BCUT2D eigenvalue weighted by Crippen LogP contribution is -2.12. The molecule has 0 bridgehead atoms. The minimum absolute atomic E-state index is 0.0355. The number of nitrogens with zero attached hydrogens (tertiary/aromatic N) is 1. The molecule has 0 aliphatic heterocycles. The SMILES string of the molecule is CCS(=O)(=O)Cc1cc(Br)ccc1C(=O)c1cnoc1C1CC1. The van der Waals surface area contributed by atoms with Crippen LogP contribution in [-0.2, 0) is 15.6 Å². The van der Waals surface area contributed by atoms with Gasteiger partial charge in [-0.25, -0.2) is 8.42 Å². The summed E-state index contributed by atoms with van der Waals surface area (Å²) in [6.45, 7) is 1.60. The van der Waals surface area contributed by atoms with Gasteiger partial charge in [0, 0.05) is 21.7 Å². The maximum absolute atomic E-state index is 12.9. The lowest BCUT2D eigenvalue weighted by atomic mass is 9.99. The fourth-order valence-electron chi connectivity index (χ4n) is 2.45. The first-order chi connectivity index (χ1) is 10.9. The summed E-state index contributed by atoms with van der Waals surface area (Å²) in [6.07, 6.45) is 3.41. The molecule has 0 N–H and O–H groups in total. The van der Waals surface area contributed by atoms with E-state index in [0.717, 1.165) is 17.3 Å². The van der Waals surface area contributed by atoms with Crippen LogP contribution < -0.4 is 0 Å². The summed E-state index contributed by atoms with van der Waals surface area (Å²) in [5.74, 6) is 0.515. The Balaban J connectivity index is 2.01. The molecule has 0 unspecified atom stereocenters. The van der Waals surface area contributed by atoms with E-state index in [0.29, 0.717) is 22.5 Å². The Morgan fingerprint density at radius 2 is 2.09 bits per heavy atom. The van der Waals surface area contributed by atoms with Gasteiger partial charge in [-0.1, -0.05) is 28.0 Å². The van der Waals surface area contributed by atoms with Crippen molar-refractivity contribution in [2.75, 3.05) is 5.75 Å². The first kappa shape index (κ1) is 16.4. The van der Waals surface area contributed by atoms with Crippen LogP contribution in [0.1, 0.15) is 52.9 Å². The highest BCUT2D eigenvalue weighted by Crippen LogP contribution is 2.42. The Labute approximate surface area is 143 Å². The highest BCUT2D eigenvalue weighted by Gasteiger charge is 2.33. The summed E-state index contributed by atoms with van der Waals surface area (Å²) in [6, 6.07) is 5.07. The summed E-state index contributed by atoms with van der Waals surface area (Å²) < 4.78 is 29.9. The van der Waals surface area contributed by atoms with E-state index in [2.05, 4.69) is 21.1 Å². The number of benzene rings is 1. The second-order valence-corrected chi connectivity index (χ2v) is 8.95. The van der Waals surface area contributed by atoms with E-state index in [4.69, 9.17) is 4.52 Å². The van der Waals surface area contributed by atoms with E-state index in [1.165, 1.54) is 6.20 Å². The minimum atomic E-state index is -3.24. The van der Waals surface area contributed by atoms with Gasteiger partial charge in [-0.2, -0.15) is 0 Å². The molecule has 0 saturated heterocycles. The van der Waals surface area contributed by atoms with Crippen LogP contribution in [-0.4, -0.2) is 25.1 Å². The van der Waals surface area contributed by atoms with Crippen molar-refractivity contribution in [2.45, 2.75) is 31.4 Å². The molecule has 1 saturated carbocycles. The zero-order valence-corrected chi connectivity index (χ0v) is 15.0. The highest BCUT2D eigenvalue weighted by molar-refractivity contribution is 9.10. The fourth-order valence-corrected chi connectivity index (χ4v) is 3.77. The van der Waals surface area contributed by atoms with Gasteiger partial charge in [0.15, 0.2) is 21.4 Å². The quantitative estimate of drug-likeness (QED) is 0.697. The van der Waals surface area contributed by atoms with E-state index < -0.39 is 9.84 Å². The predicted molar refractivity (Wildman–Crippen MR) is 89.2 cm³/mol. The Morgan fingerprint density at radius 1 is 1.35 bits per heavy atom. The third-order valence-corrected chi connectivity index (χ3v) is 6.04. The van der Waals surface area contributed by atoms with Crippen LogP contribution in [0.25, 0.3) is 0 Å². The third-order valence-electron chi connectivity index (χ3n) is 3.92. The van der Waals surface area contributed by atoms with Gasteiger partial charge in [0.25, 0.3) is 0 Å². The fraction of sp³-hybridized carbons (Fsp3) is 0.375. The molecule has 23 heavy (non-hydrogen) atoms. The van der Waals surface area contributed by atoms with Crippen molar-refractivity contribution in [2.24, 2.45) is 0 Å². The van der Waals surface area contributed by atoms with Crippen LogP contribution in [0.4, 0.5) is 0 Å².